The molecule has 0 saturated carbocycles. The molecule has 1 amide bonds. The monoisotopic (exact) mass is 327 g/mol. The first-order chi connectivity index (χ1) is 11.6. The molecule has 0 spiro atoms. The van der Waals surface area contributed by atoms with E-state index in [2.05, 4.69) is 12.2 Å². The van der Waals surface area contributed by atoms with E-state index in [4.69, 9.17) is 9.47 Å². The number of carbonyl (C=O) groups excluding carboxylic acids is 1. The number of hydrogen-bond acceptors (Lipinski definition) is 3. The van der Waals surface area contributed by atoms with Crippen LogP contribution in [0, 0.1) is 0 Å². The van der Waals surface area contributed by atoms with Crippen LogP contribution < -0.4 is 14.8 Å². The summed E-state index contributed by atoms with van der Waals surface area (Å²) in [6.45, 7) is 7.18. The first-order valence-electron chi connectivity index (χ1n) is 8.35. The Kier molecular flexibility index (Phi) is 6.67. The lowest BCUT2D eigenvalue weighted by Crippen LogP contribution is -2.22. The Morgan fingerprint density at radius 2 is 1.83 bits per heavy atom. The van der Waals surface area contributed by atoms with Gasteiger partial charge in [0.15, 0.2) is 0 Å². The molecule has 0 aliphatic rings. The van der Waals surface area contributed by atoms with Crippen molar-refractivity contribution in [1.29, 1.82) is 0 Å². The zero-order valence-corrected chi connectivity index (χ0v) is 14.5. The van der Waals surface area contributed by atoms with Crippen LogP contribution in [0.1, 0.15) is 43.1 Å². The Morgan fingerprint density at radius 3 is 2.50 bits per heavy atom. The van der Waals surface area contributed by atoms with Gasteiger partial charge in [0.1, 0.15) is 11.5 Å². The van der Waals surface area contributed by atoms with Crippen molar-refractivity contribution >= 4 is 5.91 Å². The minimum Gasteiger partial charge on any atom is -0.494 e. The smallest absolute Gasteiger partial charge is 0.251 e. The van der Waals surface area contributed by atoms with Crippen molar-refractivity contribution in [1.82, 2.24) is 5.32 Å². The van der Waals surface area contributed by atoms with Crippen LogP contribution in [0.15, 0.2) is 48.5 Å². The maximum Gasteiger partial charge on any atom is 0.251 e. The Balaban J connectivity index is 1.90. The van der Waals surface area contributed by atoms with Crippen LogP contribution in [0.3, 0.4) is 0 Å². The number of nitrogens with one attached hydrogen (secondary N) is 1. The van der Waals surface area contributed by atoms with Crippen LogP contribution in [-0.4, -0.2) is 18.6 Å². The Morgan fingerprint density at radius 1 is 1.08 bits per heavy atom. The van der Waals surface area contributed by atoms with Gasteiger partial charge in [-0.25, -0.2) is 0 Å². The van der Waals surface area contributed by atoms with E-state index in [1.807, 2.05) is 50.2 Å². The van der Waals surface area contributed by atoms with Crippen LogP contribution >= 0.6 is 0 Å². The zero-order valence-electron chi connectivity index (χ0n) is 14.5. The maximum absolute atomic E-state index is 12.2. The van der Waals surface area contributed by atoms with Crippen molar-refractivity contribution in [3.05, 3.63) is 59.7 Å². The van der Waals surface area contributed by atoms with E-state index in [9.17, 15) is 4.79 Å². The van der Waals surface area contributed by atoms with E-state index < -0.39 is 0 Å². The molecule has 2 rings (SSSR count). The molecule has 0 aliphatic carbocycles. The highest BCUT2D eigenvalue weighted by Gasteiger charge is 2.06. The van der Waals surface area contributed by atoms with Crippen molar-refractivity contribution < 1.29 is 14.3 Å². The highest BCUT2D eigenvalue weighted by atomic mass is 16.5. The summed E-state index contributed by atoms with van der Waals surface area (Å²) in [4.78, 5) is 12.2. The normalized spacial score (nSPS) is 10.5. The van der Waals surface area contributed by atoms with Gasteiger partial charge in [-0.2, -0.15) is 0 Å². The summed E-state index contributed by atoms with van der Waals surface area (Å²) in [5.74, 6) is 1.49. The molecular formula is C20H25NO3. The molecule has 4 heteroatoms. The van der Waals surface area contributed by atoms with Crippen LogP contribution in [0.25, 0.3) is 0 Å². The zero-order chi connectivity index (χ0) is 17.4. The standard InChI is InChI=1S/C20H25NO3/c1-4-12-23-18-10-8-17(9-11-18)20(22)21-14-16-6-5-7-19(13-16)24-15(2)3/h5-11,13,15H,4,12,14H2,1-3H3,(H,21,22). The second-order valence-electron chi connectivity index (χ2n) is 5.87. The van der Waals surface area contributed by atoms with Crippen LogP contribution in [0.4, 0.5) is 0 Å². The fourth-order valence-corrected chi connectivity index (χ4v) is 2.21. The lowest BCUT2D eigenvalue weighted by molar-refractivity contribution is 0.0950. The predicted molar refractivity (Wildman–Crippen MR) is 95.6 cm³/mol. The molecule has 4 nitrogen and oxygen atoms in total. The summed E-state index contributed by atoms with van der Waals surface area (Å²) < 4.78 is 11.2. The molecule has 0 bridgehead atoms. The minimum atomic E-state index is -0.104. The van der Waals surface area contributed by atoms with Crippen LogP contribution in [0.2, 0.25) is 0 Å². The third-order valence-corrected chi connectivity index (χ3v) is 3.31. The van der Waals surface area contributed by atoms with Gasteiger partial charge in [0.25, 0.3) is 5.91 Å². The number of rotatable bonds is 8. The summed E-state index contributed by atoms with van der Waals surface area (Å²) in [6, 6.07) is 15.0. The van der Waals surface area contributed by atoms with Gasteiger partial charge in [0.05, 0.1) is 12.7 Å². The van der Waals surface area contributed by atoms with Crippen molar-refractivity contribution in [3.63, 3.8) is 0 Å². The molecule has 0 unspecified atom stereocenters. The fraction of sp³-hybridized carbons (Fsp3) is 0.350. The van der Waals surface area contributed by atoms with Crippen molar-refractivity contribution in [2.75, 3.05) is 6.61 Å². The van der Waals surface area contributed by atoms with Crippen molar-refractivity contribution in [3.8, 4) is 11.5 Å². The molecule has 2 aromatic carbocycles. The average molecular weight is 327 g/mol. The average Bonchev–Trinajstić information content (AvgIpc) is 2.58. The molecule has 0 atom stereocenters. The highest BCUT2D eigenvalue weighted by molar-refractivity contribution is 5.94. The molecule has 0 aromatic heterocycles. The summed E-state index contributed by atoms with van der Waals surface area (Å²) in [5, 5.41) is 2.92. The molecule has 0 radical (unpaired) electrons. The number of ether oxygens (including phenoxy) is 2. The van der Waals surface area contributed by atoms with Gasteiger partial charge in [0, 0.05) is 12.1 Å². The predicted octanol–water partition coefficient (Wildman–Crippen LogP) is 4.19. The molecule has 2 aromatic rings. The summed E-state index contributed by atoms with van der Waals surface area (Å²) >= 11 is 0. The Labute approximate surface area is 143 Å². The Bertz CT molecular complexity index is 650. The van der Waals surface area contributed by atoms with Crippen LogP contribution in [-0.2, 0) is 6.54 Å². The number of benzene rings is 2. The first kappa shape index (κ1) is 17.9. The van der Waals surface area contributed by atoms with Crippen LogP contribution in [0.5, 0.6) is 11.5 Å². The number of carbonyl (C=O) groups is 1. The molecule has 0 heterocycles. The molecule has 24 heavy (non-hydrogen) atoms. The molecule has 0 aliphatic heterocycles. The van der Waals surface area contributed by atoms with Gasteiger partial charge in [0.2, 0.25) is 0 Å². The molecule has 0 saturated heterocycles. The Hall–Kier alpha value is -2.49. The molecule has 1 N–H and O–H groups in total. The number of hydrogen-bond donors (Lipinski definition) is 1. The van der Waals surface area contributed by atoms with E-state index in [1.54, 1.807) is 12.1 Å². The van der Waals surface area contributed by atoms with E-state index >= 15 is 0 Å². The minimum absolute atomic E-state index is 0.104. The summed E-state index contributed by atoms with van der Waals surface area (Å²) in [5.41, 5.74) is 1.62. The maximum atomic E-state index is 12.2. The van der Waals surface area contributed by atoms with Gasteiger partial charge in [-0.05, 0) is 62.2 Å². The topological polar surface area (TPSA) is 47.6 Å². The second-order valence-corrected chi connectivity index (χ2v) is 5.87. The van der Waals surface area contributed by atoms with Crippen molar-refractivity contribution in [2.24, 2.45) is 0 Å². The second kappa shape index (κ2) is 8.96. The lowest BCUT2D eigenvalue weighted by atomic mass is 10.2. The van der Waals surface area contributed by atoms with Gasteiger partial charge >= 0.3 is 0 Å². The molecule has 128 valence electrons. The van der Waals surface area contributed by atoms with E-state index in [1.165, 1.54) is 0 Å². The first-order valence-corrected chi connectivity index (χ1v) is 8.35. The van der Waals surface area contributed by atoms with E-state index in [0.717, 1.165) is 23.5 Å². The summed E-state index contributed by atoms with van der Waals surface area (Å²) in [7, 11) is 0. The van der Waals surface area contributed by atoms with Gasteiger partial charge < -0.3 is 14.8 Å². The van der Waals surface area contributed by atoms with Gasteiger partial charge in [-0.1, -0.05) is 19.1 Å². The van der Waals surface area contributed by atoms with Gasteiger partial charge in [-0.3, -0.25) is 4.79 Å². The highest BCUT2D eigenvalue weighted by Crippen LogP contribution is 2.15. The number of amides is 1. The van der Waals surface area contributed by atoms with E-state index in [0.29, 0.717) is 18.7 Å². The summed E-state index contributed by atoms with van der Waals surface area (Å²) in [6.07, 6.45) is 1.09. The fourth-order valence-electron chi connectivity index (χ4n) is 2.21. The van der Waals surface area contributed by atoms with Crippen molar-refractivity contribution in [2.45, 2.75) is 39.8 Å². The van der Waals surface area contributed by atoms with E-state index in [-0.39, 0.29) is 12.0 Å². The third-order valence-electron chi connectivity index (χ3n) is 3.31. The molecule has 0 fully saturated rings. The quantitative estimate of drug-likeness (QED) is 0.791. The largest absolute Gasteiger partial charge is 0.494 e. The molecular weight excluding hydrogens is 302 g/mol. The third kappa shape index (κ3) is 5.61. The van der Waals surface area contributed by atoms with Gasteiger partial charge in [-0.15, -0.1) is 0 Å². The SMILES string of the molecule is CCCOc1ccc(C(=O)NCc2cccc(OC(C)C)c2)cc1. The lowest BCUT2D eigenvalue weighted by Gasteiger charge is -2.11.